The van der Waals surface area contributed by atoms with Gasteiger partial charge in [-0.15, -0.1) is 0 Å². The van der Waals surface area contributed by atoms with E-state index in [1.807, 2.05) is 0 Å². The molecule has 1 heterocycles. The number of hydrogen-bond donors (Lipinski definition) is 1. The van der Waals surface area contributed by atoms with E-state index in [4.69, 9.17) is 0 Å². The Kier molecular flexibility index (Phi) is 2.98. The first-order valence-corrected chi connectivity index (χ1v) is 5.16. The van der Waals surface area contributed by atoms with Gasteiger partial charge in [0.05, 0.1) is 5.56 Å². The van der Waals surface area contributed by atoms with Crippen LogP contribution in [-0.4, -0.2) is 18.5 Å². The van der Waals surface area contributed by atoms with Crippen LogP contribution in [0.5, 0.6) is 0 Å². The SMILES string of the molecule is O=C1CCN(c2cccc(C(F)(F)F)c2)C(=O)N1. The lowest BCUT2D eigenvalue weighted by atomic mass is 10.1. The molecule has 1 aromatic carbocycles. The summed E-state index contributed by atoms with van der Waals surface area (Å²) < 4.78 is 37.6. The summed E-state index contributed by atoms with van der Waals surface area (Å²) in [6.07, 6.45) is -4.39. The highest BCUT2D eigenvalue weighted by atomic mass is 19.4. The molecule has 0 radical (unpaired) electrons. The van der Waals surface area contributed by atoms with Crippen LogP contribution in [0.25, 0.3) is 0 Å². The highest BCUT2D eigenvalue weighted by Gasteiger charge is 2.32. The fraction of sp³-hybridized carbons (Fsp3) is 0.273. The monoisotopic (exact) mass is 258 g/mol. The Morgan fingerprint density at radius 2 is 1.94 bits per heavy atom. The van der Waals surface area contributed by atoms with Crippen LogP contribution < -0.4 is 10.2 Å². The van der Waals surface area contributed by atoms with E-state index in [9.17, 15) is 22.8 Å². The van der Waals surface area contributed by atoms with Crippen molar-refractivity contribution in [2.75, 3.05) is 11.4 Å². The van der Waals surface area contributed by atoms with Crippen molar-refractivity contribution in [2.24, 2.45) is 0 Å². The molecule has 0 unspecified atom stereocenters. The summed E-state index contributed by atoms with van der Waals surface area (Å²) in [7, 11) is 0. The van der Waals surface area contributed by atoms with Crippen molar-refractivity contribution in [3.05, 3.63) is 29.8 Å². The van der Waals surface area contributed by atoms with Gasteiger partial charge in [0.2, 0.25) is 5.91 Å². The van der Waals surface area contributed by atoms with Crippen LogP contribution in [0.4, 0.5) is 23.7 Å². The van der Waals surface area contributed by atoms with Gasteiger partial charge in [-0.05, 0) is 18.2 Å². The van der Waals surface area contributed by atoms with Crippen molar-refractivity contribution in [2.45, 2.75) is 12.6 Å². The first-order chi connectivity index (χ1) is 8.38. The summed E-state index contributed by atoms with van der Waals surface area (Å²) in [4.78, 5) is 23.5. The van der Waals surface area contributed by atoms with Gasteiger partial charge in [-0.1, -0.05) is 6.07 Å². The largest absolute Gasteiger partial charge is 0.416 e. The van der Waals surface area contributed by atoms with Gasteiger partial charge < -0.3 is 0 Å². The van der Waals surface area contributed by atoms with E-state index in [2.05, 4.69) is 5.32 Å². The van der Waals surface area contributed by atoms with Crippen LogP contribution in [-0.2, 0) is 11.0 Å². The lowest BCUT2D eigenvalue weighted by Gasteiger charge is -2.27. The molecule has 18 heavy (non-hydrogen) atoms. The summed E-state index contributed by atoms with van der Waals surface area (Å²) in [5.74, 6) is -0.428. The maximum atomic E-state index is 12.5. The minimum Gasteiger partial charge on any atom is -0.294 e. The van der Waals surface area contributed by atoms with Gasteiger partial charge in [0.15, 0.2) is 0 Å². The maximum absolute atomic E-state index is 12.5. The number of carbonyl (C=O) groups excluding carboxylic acids is 2. The average molecular weight is 258 g/mol. The predicted octanol–water partition coefficient (Wildman–Crippen LogP) is 2.15. The Morgan fingerprint density at radius 1 is 1.22 bits per heavy atom. The van der Waals surface area contributed by atoms with Crippen LogP contribution in [0.1, 0.15) is 12.0 Å². The third kappa shape index (κ3) is 2.44. The number of nitrogens with one attached hydrogen (secondary N) is 1. The number of hydrogen-bond acceptors (Lipinski definition) is 2. The summed E-state index contributed by atoms with van der Waals surface area (Å²) in [6.45, 7) is 0.0754. The van der Waals surface area contributed by atoms with Crippen LogP contribution in [0.15, 0.2) is 24.3 Å². The van der Waals surface area contributed by atoms with Crippen molar-refractivity contribution in [3.63, 3.8) is 0 Å². The second-order valence-electron chi connectivity index (χ2n) is 3.80. The minimum absolute atomic E-state index is 0.0714. The lowest BCUT2D eigenvalue weighted by molar-refractivity contribution is -0.137. The average Bonchev–Trinajstić information content (AvgIpc) is 2.28. The number of nitrogens with zero attached hydrogens (tertiary/aromatic N) is 1. The molecule has 1 aliphatic rings. The zero-order valence-corrected chi connectivity index (χ0v) is 9.12. The van der Waals surface area contributed by atoms with Crippen LogP contribution in [0.3, 0.4) is 0 Å². The Bertz CT molecular complexity index is 499. The van der Waals surface area contributed by atoms with Gasteiger partial charge in [0.1, 0.15) is 0 Å². The molecule has 3 amide bonds. The standard InChI is InChI=1S/C11H9F3N2O2/c12-11(13,14)7-2-1-3-8(6-7)16-5-4-9(17)15-10(16)18/h1-3,6H,4-5H2,(H,15,17,18). The summed E-state index contributed by atoms with van der Waals surface area (Å²) >= 11 is 0. The quantitative estimate of drug-likeness (QED) is 0.839. The third-order valence-electron chi connectivity index (χ3n) is 2.54. The molecule has 0 bridgehead atoms. The summed E-state index contributed by atoms with van der Waals surface area (Å²) in [5, 5.41) is 2.05. The zero-order valence-electron chi connectivity index (χ0n) is 9.12. The minimum atomic E-state index is -4.46. The number of carbonyl (C=O) groups is 2. The maximum Gasteiger partial charge on any atom is 0.416 e. The summed E-state index contributed by atoms with van der Waals surface area (Å²) in [6, 6.07) is 3.73. The predicted molar refractivity (Wildman–Crippen MR) is 56.9 cm³/mol. The van der Waals surface area contributed by atoms with Crippen molar-refractivity contribution >= 4 is 17.6 Å². The van der Waals surface area contributed by atoms with Gasteiger partial charge in [0.25, 0.3) is 0 Å². The molecule has 0 saturated carbocycles. The Morgan fingerprint density at radius 3 is 2.56 bits per heavy atom. The number of alkyl halides is 3. The number of benzene rings is 1. The molecule has 1 aliphatic heterocycles. The molecule has 1 aromatic rings. The molecule has 4 nitrogen and oxygen atoms in total. The van der Waals surface area contributed by atoms with Gasteiger partial charge in [-0.2, -0.15) is 13.2 Å². The van der Waals surface area contributed by atoms with Crippen LogP contribution >= 0.6 is 0 Å². The highest BCUT2D eigenvalue weighted by Crippen LogP contribution is 2.31. The molecule has 1 N–H and O–H groups in total. The molecular weight excluding hydrogens is 249 g/mol. The number of halogens is 3. The smallest absolute Gasteiger partial charge is 0.294 e. The zero-order chi connectivity index (χ0) is 13.3. The van der Waals surface area contributed by atoms with E-state index in [-0.39, 0.29) is 18.7 Å². The molecule has 2 rings (SSSR count). The third-order valence-corrected chi connectivity index (χ3v) is 2.54. The molecule has 7 heteroatoms. The molecule has 1 fully saturated rings. The summed E-state index contributed by atoms with van der Waals surface area (Å²) in [5.41, 5.74) is -0.709. The van der Waals surface area contributed by atoms with Gasteiger partial charge in [-0.25, -0.2) is 4.79 Å². The molecule has 0 spiro atoms. The highest BCUT2D eigenvalue weighted by molar-refractivity contribution is 6.05. The lowest BCUT2D eigenvalue weighted by Crippen LogP contribution is -2.49. The Hall–Kier alpha value is -2.05. The second-order valence-corrected chi connectivity index (χ2v) is 3.80. The Labute approximate surface area is 100 Å². The van der Waals surface area contributed by atoms with Gasteiger partial charge in [0, 0.05) is 18.7 Å². The first-order valence-electron chi connectivity index (χ1n) is 5.16. The normalized spacial score (nSPS) is 16.7. The van der Waals surface area contributed by atoms with Gasteiger partial charge in [-0.3, -0.25) is 15.0 Å². The van der Waals surface area contributed by atoms with E-state index in [0.717, 1.165) is 17.0 Å². The van der Waals surface area contributed by atoms with E-state index < -0.39 is 23.7 Å². The number of amides is 3. The van der Waals surface area contributed by atoms with E-state index in [1.54, 1.807) is 0 Å². The van der Waals surface area contributed by atoms with Crippen molar-refractivity contribution in [1.82, 2.24) is 5.32 Å². The second kappa shape index (κ2) is 4.32. The van der Waals surface area contributed by atoms with Gasteiger partial charge >= 0.3 is 12.2 Å². The molecule has 0 aromatic heterocycles. The van der Waals surface area contributed by atoms with Crippen LogP contribution in [0, 0.1) is 0 Å². The van der Waals surface area contributed by atoms with E-state index >= 15 is 0 Å². The molecule has 1 saturated heterocycles. The topological polar surface area (TPSA) is 49.4 Å². The first kappa shape index (κ1) is 12.4. The number of imide groups is 1. The van der Waals surface area contributed by atoms with Crippen molar-refractivity contribution in [3.8, 4) is 0 Å². The molecule has 0 atom stereocenters. The van der Waals surface area contributed by atoms with Crippen LogP contribution in [0.2, 0.25) is 0 Å². The van der Waals surface area contributed by atoms with E-state index in [0.29, 0.717) is 0 Å². The molecular formula is C11H9F3N2O2. The number of anilines is 1. The van der Waals surface area contributed by atoms with Crippen molar-refractivity contribution < 1.29 is 22.8 Å². The fourth-order valence-corrected chi connectivity index (χ4v) is 1.66. The van der Waals surface area contributed by atoms with Crippen molar-refractivity contribution in [1.29, 1.82) is 0 Å². The number of rotatable bonds is 1. The number of urea groups is 1. The fourth-order valence-electron chi connectivity index (χ4n) is 1.66. The molecule has 96 valence electrons. The molecule has 0 aliphatic carbocycles. The van der Waals surface area contributed by atoms with E-state index in [1.165, 1.54) is 12.1 Å². The Balaban J connectivity index is 2.29.